The Balaban J connectivity index is 1.78. The van der Waals surface area contributed by atoms with Gasteiger partial charge in [0.2, 0.25) is 0 Å². The SMILES string of the molecule is CCCCCCCCCCCC1=[N+](Cc2c(F)cccc2Cl)CCc2c1ccc(OCC)c2OCCCCCCCC. The highest BCUT2D eigenvalue weighted by molar-refractivity contribution is 6.31. The fourth-order valence-electron chi connectivity index (χ4n) is 6.11. The standard InChI is InChI=1S/C37H56ClFNO2/c1-4-7-9-11-13-14-15-16-18-23-35-30-24-25-36(41-6-3)37(42-28-19-17-12-10-8-5-2)31(30)26-27-40(35)29-32-33(38)21-20-22-34(32)39/h20-22,24-25H,4-19,23,26-29H2,1-3H3/q+1. The molecule has 0 aliphatic carbocycles. The van der Waals surface area contributed by atoms with Gasteiger partial charge in [-0.1, -0.05) is 115 Å². The molecule has 0 amide bonds. The van der Waals surface area contributed by atoms with Gasteiger partial charge in [-0.15, -0.1) is 0 Å². The normalized spacial score (nSPS) is 13.0. The minimum absolute atomic E-state index is 0.231. The lowest BCUT2D eigenvalue weighted by Crippen LogP contribution is -2.31. The van der Waals surface area contributed by atoms with E-state index in [1.807, 2.05) is 6.92 Å². The quantitative estimate of drug-likeness (QED) is 0.0990. The second-order valence-electron chi connectivity index (χ2n) is 11.9. The summed E-state index contributed by atoms with van der Waals surface area (Å²) in [5.41, 5.74) is 4.34. The average Bonchev–Trinajstić information content (AvgIpc) is 2.99. The van der Waals surface area contributed by atoms with E-state index >= 15 is 0 Å². The molecule has 0 saturated heterocycles. The number of rotatable bonds is 22. The van der Waals surface area contributed by atoms with Gasteiger partial charge in [-0.05, 0) is 44.0 Å². The smallest absolute Gasteiger partial charge is 0.184 e. The molecule has 0 aromatic heterocycles. The molecular formula is C37H56ClFNO2+. The molecule has 2 aromatic rings. The van der Waals surface area contributed by atoms with Crippen molar-refractivity contribution in [1.82, 2.24) is 0 Å². The molecule has 3 rings (SSSR count). The van der Waals surface area contributed by atoms with Gasteiger partial charge < -0.3 is 9.47 Å². The summed E-state index contributed by atoms with van der Waals surface area (Å²) < 4.78 is 29.7. The van der Waals surface area contributed by atoms with Crippen molar-refractivity contribution in [2.75, 3.05) is 19.8 Å². The van der Waals surface area contributed by atoms with Gasteiger partial charge in [0.15, 0.2) is 23.8 Å². The lowest BCUT2D eigenvalue weighted by Gasteiger charge is -2.23. The lowest BCUT2D eigenvalue weighted by atomic mass is 9.91. The molecule has 1 aliphatic rings. The fourth-order valence-corrected chi connectivity index (χ4v) is 6.33. The first kappa shape index (κ1) is 34.4. The van der Waals surface area contributed by atoms with E-state index in [0.717, 1.165) is 43.7 Å². The molecule has 0 radical (unpaired) electrons. The van der Waals surface area contributed by atoms with E-state index < -0.39 is 0 Å². The molecule has 1 heterocycles. The first-order valence-corrected chi connectivity index (χ1v) is 17.4. The summed E-state index contributed by atoms with van der Waals surface area (Å²) in [4.78, 5) is 0. The van der Waals surface area contributed by atoms with Crippen LogP contribution in [0.25, 0.3) is 0 Å². The summed E-state index contributed by atoms with van der Waals surface area (Å²) in [7, 11) is 0. The Labute approximate surface area is 260 Å². The van der Waals surface area contributed by atoms with Gasteiger partial charge in [0.25, 0.3) is 0 Å². The van der Waals surface area contributed by atoms with Crippen molar-refractivity contribution in [3.63, 3.8) is 0 Å². The molecule has 0 atom stereocenters. The first-order valence-electron chi connectivity index (χ1n) is 17.1. The molecule has 2 aromatic carbocycles. The van der Waals surface area contributed by atoms with Gasteiger partial charge >= 0.3 is 0 Å². The van der Waals surface area contributed by atoms with Gasteiger partial charge in [0.05, 0.1) is 23.8 Å². The van der Waals surface area contributed by atoms with Crippen molar-refractivity contribution in [3.05, 3.63) is 57.9 Å². The van der Waals surface area contributed by atoms with Crippen LogP contribution < -0.4 is 9.47 Å². The largest absolute Gasteiger partial charge is 0.490 e. The van der Waals surface area contributed by atoms with Crippen molar-refractivity contribution in [3.8, 4) is 11.5 Å². The number of hydrogen-bond acceptors (Lipinski definition) is 2. The summed E-state index contributed by atoms with van der Waals surface area (Å²) in [6.45, 7) is 9.17. The summed E-state index contributed by atoms with van der Waals surface area (Å²) >= 11 is 6.48. The van der Waals surface area contributed by atoms with Crippen molar-refractivity contribution in [2.24, 2.45) is 0 Å². The maximum absolute atomic E-state index is 14.8. The highest BCUT2D eigenvalue weighted by Crippen LogP contribution is 2.37. The Morgan fingerprint density at radius 3 is 2.05 bits per heavy atom. The van der Waals surface area contributed by atoms with Gasteiger partial charge in [-0.25, -0.2) is 8.97 Å². The molecule has 0 bridgehead atoms. The number of unbranched alkanes of at least 4 members (excludes halogenated alkanes) is 13. The topological polar surface area (TPSA) is 21.5 Å². The predicted molar refractivity (Wildman–Crippen MR) is 176 cm³/mol. The molecule has 3 nitrogen and oxygen atoms in total. The summed E-state index contributed by atoms with van der Waals surface area (Å²) in [5.74, 6) is 1.52. The van der Waals surface area contributed by atoms with Gasteiger partial charge in [-0.3, -0.25) is 0 Å². The van der Waals surface area contributed by atoms with Crippen LogP contribution in [0, 0.1) is 5.82 Å². The Kier molecular flexibility index (Phi) is 16.4. The van der Waals surface area contributed by atoms with Crippen LogP contribution in [0.15, 0.2) is 30.3 Å². The van der Waals surface area contributed by atoms with Crippen LogP contribution in [0.5, 0.6) is 11.5 Å². The number of fused-ring (bicyclic) bond motifs is 1. The van der Waals surface area contributed by atoms with Crippen molar-refractivity contribution in [2.45, 2.75) is 136 Å². The molecule has 0 N–H and O–H groups in total. The molecule has 1 aliphatic heterocycles. The molecule has 0 fully saturated rings. The Bertz CT molecular complexity index is 1080. The number of benzene rings is 2. The lowest BCUT2D eigenvalue weighted by molar-refractivity contribution is -0.546. The minimum Gasteiger partial charge on any atom is -0.490 e. The van der Waals surface area contributed by atoms with Crippen molar-refractivity contribution in [1.29, 1.82) is 0 Å². The molecular weight excluding hydrogens is 545 g/mol. The molecule has 42 heavy (non-hydrogen) atoms. The zero-order chi connectivity index (χ0) is 30.0. The van der Waals surface area contributed by atoms with Crippen LogP contribution in [-0.4, -0.2) is 30.0 Å². The van der Waals surface area contributed by atoms with Crippen LogP contribution in [0.1, 0.15) is 140 Å². The minimum atomic E-state index is -0.231. The Hall–Kier alpha value is -2.07. The van der Waals surface area contributed by atoms with E-state index in [0.29, 0.717) is 30.3 Å². The van der Waals surface area contributed by atoms with Crippen LogP contribution >= 0.6 is 11.6 Å². The Morgan fingerprint density at radius 2 is 1.40 bits per heavy atom. The fraction of sp³-hybridized carbons (Fsp3) is 0.649. The third kappa shape index (κ3) is 10.9. The highest BCUT2D eigenvalue weighted by Gasteiger charge is 2.30. The van der Waals surface area contributed by atoms with Gasteiger partial charge in [0.1, 0.15) is 12.4 Å². The van der Waals surface area contributed by atoms with Gasteiger partial charge in [-0.2, -0.15) is 0 Å². The van der Waals surface area contributed by atoms with Crippen LogP contribution in [0.3, 0.4) is 0 Å². The molecule has 0 spiro atoms. The summed E-state index contributed by atoms with van der Waals surface area (Å²) in [5, 5.41) is 0.498. The number of halogens is 2. The zero-order valence-corrected chi connectivity index (χ0v) is 27.5. The second kappa shape index (κ2) is 20.0. The van der Waals surface area contributed by atoms with E-state index in [2.05, 4.69) is 30.6 Å². The number of ether oxygens (including phenoxy) is 2. The summed E-state index contributed by atoms with van der Waals surface area (Å²) in [6, 6.07) is 9.27. The summed E-state index contributed by atoms with van der Waals surface area (Å²) in [6.07, 6.45) is 20.9. The highest BCUT2D eigenvalue weighted by atomic mass is 35.5. The average molecular weight is 601 g/mol. The van der Waals surface area contributed by atoms with Crippen molar-refractivity contribution >= 4 is 17.3 Å². The van der Waals surface area contributed by atoms with E-state index in [-0.39, 0.29) is 5.82 Å². The first-order chi connectivity index (χ1) is 20.6. The van der Waals surface area contributed by atoms with Crippen molar-refractivity contribution < 1.29 is 18.4 Å². The van der Waals surface area contributed by atoms with E-state index in [4.69, 9.17) is 21.1 Å². The number of nitrogens with zero attached hydrogens (tertiary/aromatic N) is 1. The van der Waals surface area contributed by atoms with Crippen LogP contribution in [0.4, 0.5) is 4.39 Å². The van der Waals surface area contributed by atoms with E-state index in [1.165, 1.54) is 106 Å². The van der Waals surface area contributed by atoms with Crippen LogP contribution in [0.2, 0.25) is 5.02 Å². The van der Waals surface area contributed by atoms with E-state index in [9.17, 15) is 4.39 Å². The van der Waals surface area contributed by atoms with Crippen LogP contribution in [-0.2, 0) is 13.0 Å². The molecule has 0 unspecified atom stereocenters. The predicted octanol–water partition coefficient (Wildman–Crippen LogP) is 11.1. The Morgan fingerprint density at radius 1 is 0.762 bits per heavy atom. The molecule has 5 heteroatoms. The maximum Gasteiger partial charge on any atom is 0.184 e. The third-order valence-electron chi connectivity index (χ3n) is 8.52. The third-order valence-corrected chi connectivity index (χ3v) is 8.87. The maximum atomic E-state index is 14.8. The second-order valence-corrected chi connectivity index (χ2v) is 12.3. The van der Waals surface area contributed by atoms with Gasteiger partial charge in [0, 0.05) is 24.0 Å². The molecule has 234 valence electrons. The number of hydrogen-bond donors (Lipinski definition) is 0. The zero-order valence-electron chi connectivity index (χ0n) is 26.8. The monoisotopic (exact) mass is 600 g/mol. The molecule has 0 saturated carbocycles. The van der Waals surface area contributed by atoms with E-state index in [1.54, 1.807) is 12.1 Å².